The van der Waals surface area contributed by atoms with Crippen LogP contribution in [-0.2, 0) is 11.3 Å². The molecule has 0 aromatic carbocycles. The lowest BCUT2D eigenvalue weighted by Gasteiger charge is -2.09. The molecule has 0 spiro atoms. The van der Waals surface area contributed by atoms with Crippen LogP contribution >= 0.6 is 11.6 Å². The van der Waals surface area contributed by atoms with E-state index in [0.717, 1.165) is 25.1 Å². The van der Waals surface area contributed by atoms with Crippen LogP contribution in [0.15, 0.2) is 6.20 Å². The molecule has 3 unspecified atom stereocenters. The Kier molecular flexibility index (Phi) is 3.26. The zero-order valence-corrected chi connectivity index (χ0v) is 9.81. The number of rotatable bonds is 3. The Labute approximate surface area is 94.6 Å². The predicted molar refractivity (Wildman–Crippen MR) is 57.9 cm³/mol. The molecular weight excluding hydrogens is 214 g/mol. The first-order valence-electron chi connectivity index (χ1n) is 5.34. The lowest BCUT2D eigenvalue weighted by molar-refractivity contribution is 0.0434. The summed E-state index contributed by atoms with van der Waals surface area (Å²) in [5.41, 5.74) is 0.822. The second-order valence-electron chi connectivity index (χ2n) is 4.13. The van der Waals surface area contributed by atoms with Gasteiger partial charge in [0.05, 0.1) is 30.3 Å². The van der Waals surface area contributed by atoms with Gasteiger partial charge < -0.3 is 4.74 Å². The van der Waals surface area contributed by atoms with E-state index in [-0.39, 0.29) is 11.5 Å². The molecule has 2 rings (SSSR count). The highest BCUT2D eigenvalue weighted by atomic mass is 35.5. The molecule has 1 aliphatic rings. The molecule has 1 fully saturated rings. The average molecular weight is 230 g/mol. The van der Waals surface area contributed by atoms with Crippen LogP contribution in [0.5, 0.6) is 0 Å². The molecule has 5 heteroatoms. The summed E-state index contributed by atoms with van der Waals surface area (Å²) >= 11 is 5.91. The third-order valence-electron chi connectivity index (χ3n) is 2.67. The molecule has 1 aliphatic heterocycles. The average Bonchev–Trinajstić information content (AvgIpc) is 2.76. The summed E-state index contributed by atoms with van der Waals surface area (Å²) in [5.74, 6) is 0. The summed E-state index contributed by atoms with van der Waals surface area (Å²) in [6, 6.07) is 0. The first-order chi connectivity index (χ1) is 7.15. The van der Waals surface area contributed by atoms with Crippen LogP contribution in [0, 0.1) is 0 Å². The minimum absolute atomic E-state index is 0.0813. The molecule has 3 atom stereocenters. The van der Waals surface area contributed by atoms with Crippen LogP contribution in [0.25, 0.3) is 0 Å². The molecule has 0 amide bonds. The van der Waals surface area contributed by atoms with Crippen molar-refractivity contribution in [2.24, 2.45) is 0 Å². The van der Waals surface area contributed by atoms with Crippen LogP contribution in [0.3, 0.4) is 0 Å². The Balaban J connectivity index is 1.93. The summed E-state index contributed by atoms with van der Waals surface area (Å²) in [6.07, 6.45) is 4.79. The summed E-state index contributed by atoms with van der Waals surface area (Å²) < 4.78 is 7.53. The molecule has 0 bridgehead atoms. The molecule has 1 aromatic rings. The predicted octanol–water partition coefficient (Wildman–Crippen LogP) is 2.15. The molecule has 4 nitrogen and oxygen atoms in total. The quantitative estimate of drug-likeness (QED) is 0.746. The number of nitrogens with zero attached hydrogens (tertiary/aromatic N) is 3. The Morgan fingerprint density at radius 1 is 1.67 bits per heavy atom. The highest BCUT2D eigenvalue weighted by Crippen LogP contribution is 2.21. The summed E-state index contributed by atoms with van der Waals surface area (Å²) in [4.78, 5) is 0. The van der Waals surface area contributed by atoms with E-state index in [1.54, 1.807) is 0 Å². The Morgan fingerprint density at radius 3 is 3.00 bits per heavy atom. The van der Waals surface area contributed by atoms with Crippen molar-refractivity contribution in [1.29, 1.82) is 0 Å². The zero-order chi connectivity index (χ0) is 10.8. The van der Waals surface area contributed by atoms with Gasteiger partial charge in [-0.2, -0.15) is 0 Å². The van der Waals surface area contributed by atoms with Crippen LogP contribution < -0.4 is 0 Å². The number of hydrogen-bond donors (Lipinski definition) is 0. The fourth-order valence-electron chi connectivity index (χ4n) is 1.81. The van der Waals surface area contributed by atoms with E-state index in [1.807, 2.05) is 17.8 Å². The molecule has 84 valence electrons. The normalized spacial score (nSPS) is 28.2. The van der Waals surface area contributed by atoms with Crippen molar-refractivity contribution in [2.45, 2.75) is 50.8 Å². The lowest BCUT2D eigenvalue weighted by Crippen LogP contribution is -2.16. The van der Waals surface area contributed by atoms with E-state index < -0.39 is 0 Å². The van der Waals surface area contributed by atoms with Gasteiger partial charge in [0.15, 0.2) is 0 Å². The molecule has 2 heterocycles. The molecule has 1 saturated heterocycles. The van der Waals surface area contributed by atoms with Crippen molar-refractivity contribution in [3.63, 3.8) is 0 Å². The minimum atomic E-state index is -0.0813. The second kappa shape index (κ2) is 4.49. The molecule has 0 saturated carbocycles. The minimum Gasteiger partial charge on any atom is -0.373 e. The number of aromatic nitrogens is 3. The first-order valence-corrected chi connectivity index (χ1v) is 5.78. The van der Waals surface area contributed by atoms with E-state index in [0.29, 0.717) is 6.10 Å². The van der Waals surface area contributed by atoms with Crippen LogP contribution in [-0.4, -0.2) is 27.2 Å². The topological polar surface area (TPSA) is 39.9 Å². The number of alkyl halides is 1. The van der Waals surface area contributed by atoms with Gasteiger partial charge in [-0.05, 0) is 26.7 Å². The number of halogens is 1. The standard InChI is InChI=1S/C10H16ClN3O/c1-7-3-4-9(15-7)5-14-6-10(8(2)11)12-13-14/h6-9H,3-5H2,1-2H3. The molecule has 0 radical (unpaired) electrons. The van der Waals surface area contributed by atoms with Crippen molar-refractivity contribution >= 4 is 11.6 Å². The highest BCUT2D eigenvalue weighted by molar-refractivity contribution is 6.20. The largest absolute Gasteiger partial charge is 0.373 e. The van der Waals surface area contributed by atoms with Crippen LogP contribution in [0.2, 0.25) is 0 Å². The van der Waals surface area contributed by atoms with Gasteiger partial charge >= 0.3 is 0 Å². The van der Waals surface area contributed by atoms with E-state index in [2.05, 4.69) is 17.2 Å². The molecule has 1 aromatic heterocycles. The van der Waals surface area contributed by atoms with Crippen LogP contribution in [0.1, 0.15) is 37.8 Å². The maximum atomic E-state index is 5.91. The summed E-state index contributed by atoms with van der Waals surface area (Å²) in [7, 11) is 0. The van der Waals surface area contributed by atoms with Crippen molar-refractivity contribution in [1.82, 2.24) is 15.0 Å². The smallest absolute Gasteiger partial charge is 0.100 e. The van der Waals surface area contributed by atoms with Crippen LogP contribution in [0.4, 0.5) is 0 Å². The van der Waals surface area contributed by atoms with E-state index in [1.165, 1.54) is 0 Å². The first kappa shape index (κ1) is 10.9. The fraction of sp³-hybridized carbons (Fsp3) is 0.800. The Morgan fingerprint density at radius 2 is 2.47 bits per heavy atom. The van der Waals surface area contributed by atoms with Gasteiger partial charge in [0, 0.05) is 0 Å². The molecule has 0 aliphatic carbocycles. The number of ether oxygens (including phenoxy) is 1. The second-order valence-corrected chi connectivity index (χ2v) is 4.78. The highest BCUT2D eigenvalue weighted by Gasteiger charge is 2.22. The zero-order valence-electron chi connectivity index (χ0n) is 9.06. The van der Waals surface area contributed by atoms with Crippen molar-refractivity contribution < 1.29 is 4.74 Å². The SMILES string of the molecule is CC1CCC(Cn2cc(C(C)Cl)nn2)O1. The molecule has 0 N–H and O–H groups in total. The Bertz CT molecular complexity index is 326. The monoisotopic (exact) mass is 229 g/mol. The summed E-state index contributed by atoms with van der Waals surface area (Å²) in [6.45, 7) is 4.78. The van der Waals surface area contributed by atoms with Gasteiger partial charge in [0.1, 0.15) is 5.69 Å². The van der Waals surface area contributed by atoms with E-state index in [4.69, 9.17) is 16.3 Å². The van der Waals surface area contributed by atoms with E-state index >= 15 is 0 Å². The molecular formula is C10H16ClN3O. The third-order valence-corrected chi connectivity index (χ3v) is 2.90. The van der Waals surface area contributed by atoms with Gasteiger partial charge in [0.2, 0.25) is 0 Å². The van der Waals surface area contributed by atoms with Gasteiger partial charge in [0.25, 0.3) is 0 Å². The summed E-state index contributed by atoms with van der Waals surface area (Å²) in [5, 5.41) is 7.95. The van der Waals surface area contributed by atoms with Gasteiger partial charge in [-0.1, -0.05) is 5.21 Å². The maximum Gasteiger partial charge on any atom is 0.100 e. The molecule has 15 heavy (non-hydrogen) atoms. The lowest BCUT2D eigenvalue weighted by atomic mass is 10.2. The van der Waals surface area contributed by atoms with Gasteiger partial charge in [-0.3, -0.25) is 0 Å². The van der Waals surface area contributed by atoms with E-state index in [9.17, 15) is 0 Å². The van der Waals surface area contributed by atoms with Gasteiger partial charge in [-0.25, -0.2) is 4.68 Å². The maximum absolute atomic E-state index is 5.91. The van der Waals surface area contributed by atoms with Gasteiger partial charge in [-0.15, -0.1) is 16.7 Å². The number of hydrogen-bond acceptors (Lipinski definition) is 3. The van der Waals surface area contributed by atoms with Crippen molar-refractivity contribution in [3.05, 3.63) is 11.9 Å². The van der Waals surface area contributed by atoms with Crippen molar-refractivity contribution in [2.75, 3.05) is 0 Å². The third kappa shape index (κ3) is 2.69. The Hall–Kier alpha value is -0.610. The fourth-order valence-corrected chi connectivity index (χ4v) is 1.91. The van der Waals surface area contributed by atoms with Crippen molar-refractivity contribution in [3.8, 4) is 0 Å².